The van der Waals surface area contributed by atoms with Crippen LogP contribution in [0.3, 0.4) is 0 Å². The second-order valence-corrected chi connectivity index (χ2v) is 3.16. The summed E-state index contributed by atoms with van der Waals surface area (Å²) in [6, 6.07) is 0. The van der Waals surface area contributed by atoms with Crippen LogP contribution in [0.15, 0.2) is 12.2 Å². The van der Waals surface area contributed by atoms with E-state index in [0.717, 1.165) is 13.1 Å². The van der Waals surface area contributed by atoms with Crippen LogP contribution in [0, 0.1) is 5.92 Å². The Morgan fingerprint density at radius 2 is 2.23 bits per heavy atom. The van der Waals surface area contributed by atoms with Crippen molar-refractivity contribution in [2.45, 2.75) is 20.8 Å². The van der Waals surface area contributed by atoms with Gasteiger partial charge in [-0.2, -0.15) is 0 Å². The fraction of sp³-hybridized carbons (Fsp3) is 0.700. The number of aliphatic carboxylic acids is 1. The Morgan fingerprint density at radius 1 is 1.62 bits per heavy atom. The van der Waals surface area contributed by atoms with Gasteiger partial charge in [-0.05, 0) is 13.5 Å². The van der Waals surface area contributed by atoms with E-state index in [2.05, 4.69) is 4.90 Å². The third-order valence-electron chi connectivity index (χ3n) is 2.00. The lowest BCUT2D eigenvalue weighted by molar-refractivity contribution is -0.141. The smallest absolute Gasteiger partial charge is 0.307 e. The number of hydrogen-bond acceptors (Lipinski definition) is 2. The van der Waals surface area contributed by atoms with Crippen molar-refractivity contribution in [2.24, 2.45) is 5.92 Å². The maximum atomic E-state index is 10.6. The molecule has 0 fully saturated rings. The number of rotatable bonds is 6. The van der Waals surface area contributed by atoms with Gasteiger partial charge in [0.25, 0.3) is 0 Å². The van der Waals surface area contributed by atoms with E-state index in [0.29, 0.717) is 6.54 Å². The van der Waals surface area contributed by atoms with Gasteiger partial charge in [0.1, 0.15) is 0 Å². The first-order valence-corrected chi connectivity index (χ1v) is 4.68. The summed E-state index contributed by atoms with van der Waals surface area (Å²) in [5, 5.41) is 8.71. The van der Waals surface area contributed by atoms with Crippen LogP contribution in [0.1, 0.15) is 20.8 Å². The molecule has 0 aliphatic carbocycles. The minimum absolute atomic E-state index is 0.287. The molecule has 1 atom stereocenters. The van der Waals surface area contributed by atoms with Gasteiger partial charge in [0.05, 0.1) is 5.92 Å². The van der Waals surface area contributed by atoms with Gasteiger partial charge in [0.2, 0.25) is 0 Å². The van der Waals surface area contributed by atoms with Crippen LogP contribution in [-0.2, 0) is 4.79 Å². The highest BCUT2D eigenvalue weighted by atomic mass is 16.4. The van der Waals surface area contributed by atoms with Crippen molar-refractivity contribution in [2.75, 3.05) is 19.6 Å². The Labute approximate surface area is 80.0 Å². The summed E-state index contributed by atoms with van der Waals surface area (Å²) in [5.74, 6) is -1.01. The lowest BCUT2D eigenvalue weighted by Gasteiger charge is -2.20. The number of allylic oxidation sites excluding steroid dienone is 1. The number of carbonyl (C=O) groups is 1. The highest BCUT2D eigenvalue weighted by Gasteiger charge is 2.13. The summed E-state index contributed by atoms with van der Waals surface area (Å²) < 4.78 is 0. The van der Waals surface area contributed by atoms with E-state index in [1.54, 1.807) is 6.92 Å². The standard InChI is InChI=1S/C10H19NO2/c1-4-6-7-11(5-2)8-9(3)10(12)13/h4,6,9H,5,7-8H2,1-3H3,(H,12,13). The fourth-order valence-corrected chi connectivity index (χ4v) is 1.05. The lowest BCUT2D eigenvalue weighted by Crippen LogP contribution is -2.31. The molecule has 3 heteroatoms. The Bertz CT molecular complexity index is 178. The van der Waals surface area contributed by atoms with E-state index >= 15 is 0 Å². The Balaban J connectivity index is 3.89. The van der Waals surface area contributed by atoms with Gasteiger partial charge >= 0.3 is 5.97 Å². The van der Waals surface area contributed by atoms with Gasteiger partial charge in [-0.25, -0.2) is 0 Å². The third-order valence-corrected chi connectivity index (χ3v) is 2.00. The van der Waals surface area contributed by atoms with Crippen molar-refractivity contribution in [1.29, 1.82) is 0 Å². The maximum absolute atomic E-state index is 10.6. The molecule has 0 rings (SSSR count). The number of carboxylic acids is 1. The van der Waals surface area contributed by atoms with Crippen LogP contribution in [-0.4, -0.2) is 35.6 Å². The molecule has 13 heavy (non-hydrogen) atoms. The average Bonchev–Trinajstić information content (AvgIpc) is 2.11. The zero-order valence-electron chi connectivity index (χ0n) is 8.66. The van der Waals surface area contributed by atoms with E-state index in [9.17, 15) is 4.79 Å². The Morgan fingerprint density at radius 3 is 2.62 bits per heavy atom. The molecule has 0 saturated heterocycles. The molecule has 0 bridgehead atoms. The van der Waals surface area contributed by atoms with Gasteiger partial charge in [-0.1, -0.05) is 26.0 Å². The van der Waals surface area contributed by atoms with Crippen molar-refractivity contribution in [3.05, 3.63) is 12.2 Å². The molecule has 0 saturated carbocycles. The number of nitrogens with zero attached hydrogens (tertiary/aromatic N) is 1. The zero-order valence-corrected chi connectivity index (χ0v) is 8.66. The van der Waals surface area contributed by atoms with Crippen LogP contribution >= 0.6 is 0 Å². The van der Waals surface area contributed by atoms with E-state index in [1.165, 1.54) is 0 Å². The summed E-state index contributed by atoms with van der Waals surface area (Å²) in [7, 11) is 0. The second-order valence-electron chi connectivity index (χ2n) is 3.16. The average molecular weight is 185 g/mol. The van der Waals surface area contributed by atoms with Gasteiger partial charge < -0.3 is 5.11 Å². The van der Waals surface area contributed by atoms with Gasteiger partial charge in [-0.3, -0.25) is 9.69 Å². The minimum atomic E-state index is -0.723. The third kappa shape index (κ3) is 5.42. The Kier molecular flexibility index (Phi) is 6.24. The van der Waals surface area contributed by atoms with Crippen molar-refractivity contribution in [3.63, 3.8) is 0 Å². The molecule has 0 aromatic rings. The molecule has 0 amide bonds. The number of carboxylic acid groups (broad SMARTS) is 1. The first-order chi connectivity index (χ1) is 6.11. The predicted molar refractivity (Wildman–Crippen MR) is 53.7 cm³/mol. The summed E-state index contributed by atoms with van der Waals surface area (Å²) >= 11 is 0. The van der Waals surface area contributed by atoms with Crippen molar-refractivity contribution >= 4 is 5.97 Å². The van der Waals surface area contributed by atoms with Crippen LogP contribution in [0.5, 0.6) is 0 Å². The highest BCUT2D eigenvalue weighted by molar-refractivity contribution is 5.69. The topological polar surface area (TPSA) is 40.5 Å². The largest absolute Gasteiger partial charge is 0.481 e. The molecule has 0 aromatic carbocycles. The first kappa shape index (κ1) is 12.2. The highest BCUT2D eigenvalue weighted by Crippen LogP contribution is 1.99. The van der Waals surface area contributed by atoms with E-state index < -0.39 is 5.97 Å². The summed E-state index contributed by atoms with van der Waals surface area (Å²) in [6.45, 7) is 8.09. The lowest BCUT2D eigenvalue weighted by atomic mass is 10.1. The number of likely N-dealkylation sites (N-methyl/N-ethyl adjacent to an activating group) is 1. The monoisotopic (exact) mass is 185 g/mol. The normalized spacial score (nSPS) is 13.8. The number of hydrogen-bond donors (Lipinski definition) is 1. The molecule has 76 valence electrons. The maximum Gasteiger partial charge on any atom is 0.307 e. The second kappa shape index (κ2) is 6.66. The molecular formula is C10H19NO2. The van der Waals surface area contributed by atoms with Crippen molar-refractivity contribution < 1.29 is 9.90 Å². The van der Waals surface area contributed by atoms with Gasteiger partial charge in [0.15, 0.2) is 0 Å². The zero-order chi connectivity index (χ0) is 10.3. The Hall–Kier alpha value is -0.830. The van der Waals surface area contributed by atoms with Crippen LogP contribution in [0.2, 0.25) is 0 Å². The fourth-order valence-electron chi connectivity index (χ4n) is 1.05. The minimum Gasteiger partial charge on any atom is -0.481 e. The molecule has 1 unspecified atom stereocenters. The van der Waals surface area contributed by atoms with E-state index in [4.69, 9.17) is 5.11 Å². The van der Waals surface area contributed by atoms with Gasteiger partial charge in [0, 0.05) is 13.1 Å². The van der Waals surface area contributed by atoms with Gasteiger partial charge in [-0.15, -0.1) is 0 Å². The van der Waals surface area contributed by atoms with Crippen molar-refractivity contribution in [1.82, 2.24) is 4.90 Å². The molecular weight excluding hydrogens is 166 g/mol. The molecule has 0 spiro atoms. The van der Waals surface area contributed by atoms with Crippen LogP contribution in [0.4, 0.5) is 0 Å². The van der Waals surface area contributed by atoms with Crippen LogP contribution in [0.25, 0.3) is 0 Å². The molecule has 0 aliphatic rings. The molecule has 0 radical (unpaired) electrons. The van der Waals surface area contributed by atoms with Crippen molar-refractivity contribution in [3.8, 4) is 0 Å². The molecule has 3 nitrogen and oxygen atoms in total. The SMILES string of the molecule is CC=CCN(CC)CC(C)C(=O)O. The first-order valence-electron chi connectivity index (χ1n) is 4.68. The predicted octanol–water partition coefficient (Wildman–Crippen LogP) is 1.61. The quantitative estimate of drug-likeness (QED) is 0.639. The molecule has 0 aromatic heterocycles. The van der Waals surface area contributed by atoms with Crippen LogP contribution < -0.4 is 0 Å². The van der Waals surface area contributed by atoms with E-state index in [-0.39, 0.29) is 5.92 Å². The summed E-state index contributed by atoms with van der Waals surface area (Å²) in [6.07, 6.45) is 4.02. The van der Waals surface area contributed by atoms with E-state index in [1.807, 2.05) is 26.0 Å². The summed E-state index contributed by atoms with van der Waals surface area (Å²) in [4.78, 5) is 12.7. The molecule has 1 N–H and O–H groups in total. The molecule has 0 aliphatic heterocycles. The summed E-state index contributed by atoms with van der Waals surface area (Å²) in [5.41, 5.74) is 0. The molecule has 0 heterocycles.